The van der Waals surface area contributed by atoms with Crippen molar-refractivity contribution in [3.8, 4) is 0 Å². The van der Waals surface area contributed by atoms with Crippen molar-refractivity contribution in [3.63, 3.8) is 0 Å². The molecule has 2 unspecified atom stereocenters. The van der Waals surface area contributed by atoms with Gasteiger partial charge >= 0.3 is 0 Å². The number of hydrogen-bond donors (Lipinski definition) is 1. The average Bonchev–Trinajstić information content (AvgIpc) is 2.77. The molecule has 1 saturated heterocycles. The molecule has 0 radical (unpaired) electrons. The molecule has 1 fully saturated rings. The molecule has 1 rings (SSSR count). The van der Waals surface area contributed by atoms with Crippen LogP contribution >= 0.6 is 11.8 Å². The van der Waals surface area contributed by atoms with Crippen molar-refractivity contribution in [3.05, 3.63) is 0 Å². The Morgan fingerprint density at radius 2 is 2.31 bits per heavy atom. The lowest BCUT2D eigenvalue weighted by molar-refractivity contribution is 0.110. The topological polar surface area (TPSA) is 21.3 Å². The molecule has 2 atom stereocenters. The quantitative estimate of drug-likeness (QED) is 0.631. The van der Waals surface area contributed by atoms with Crippen LogP contribution in [-0.4, -0.2) is 36.8 Å². The predicted molar refractivity (Wildman–Crippen MR) is 73.3 cm³/mol. The maximum atomic E-state index is 5.58. The lowest BCUT2D eigenvalue weighted by Gasteiger charge is -2.14. The van der Waals surface area contributed by atoms with Crippen LogP contribution in [0.3, 0.4) is 0 Å². The molecule has 0 aromatic heterocycles. The van der Waals surface area contributed by atoms with Crippen LogP contribution < -0.4 is 5.32 Å². The molecule has 3 heteroatoms. The van der Waals surface area contributed by atoms with Gasteiger partial charge in [0.1, 0.15) is 0 Å². The number of rotatable bonds is 9. The van der Waals surface area contributed by atoms with Gasteiger partial charge in [-0.1, -0.05) is 26.7 Å². The predicted octanol–water partition coefficient (Wildman–Crippen LogP) is 3.07. The molecular weight excluding hydrogens is 218 g/mol. The van der Waals surface area contributed by atoms with Gasteiger partial charge in [0.25, 0.3) is 0 Å². The molecule has 16 heavy (non-hydrogen) atoms. The molecule has 0 bridgehead atoms. The van der Waals surface area contributed by atoms with Crippen molar-refractivity contribution in [2.45, 2.75) is 57.3 Å². The minimum Gasteiger partial charge on any atom is -0.377 e. The summed E-state index contributed by atoms with van der Waals surface area (Å²) in [6.07, 6.45) is 7.04. The zero-order valence-electron chi connectivity index (χ0n) is 10.8. The third-order valence-corrected chi connectivity index (χ3v) is 4.24. The zero-order valence-corrected chi connectivity index (χ0v) is 11.7. The van der Waals surface area contributed by atoms with Crippen molar-refractivity contribution in [2.24, 2.45) is 0 Å². The molecule has 0 aromatic carbocycles. The van der Waals surface area contributed by atoms with Crippen molar-refractivity contribution < 1.29 is 4.74 Å². The molecule has 96 valence electrons. The van der Waals surface area contributed by atoms with Crippen LogP contribution in [0.4, 0.5) is 0 Å². The summed E-state index contributed by atoms with van der Waals surface area (Å²) in [4.78, 5) is 0. The summed E-state index contributed by atoms with van der Waals surface area (Å²) in [6.45, 7) is 7.71. The first-order chi connectivity index (χ1) is 7.83. The second kappa shape index (κ2) is 9.32. The molecule has 0 saturated carbocycles. The van der Waals surface area contributed by atoms with Crippen LogP contribution in [0.2, 0.25) is 0 Å². The summed E-state index contributed by atoms with van der Waals surface area (Å²) in [5, 5.41) is 4.26. The summed E-state index contributed by atoms with van der Waals surface area (Å²) in [6, 6.07) is 0. The van der Waals surface area contributed by atoms with Gasteiger partial charge in [0, 0.05) is 24.9 Å². The Bertz CT molecular complexity index is 160. The fraction of sp³-hybridized carbons (Fsp3) is 1.00. The molecule has 1 aliphatic rings. The number of hydrogen-bond acceptors (Lipinski definition) is 3. The highest BCUT2D eigenvalue weighted by Gasteiger charge is 2.14. The Kier molecular flexibility index (Phi) is 8.34. The van der Waals surface area contributed by atoms with Gasteiger partial charge in [-0.15, -0.1) is 0 Å². The summed E-state index contributed by atoms with van der Waals surface area (Å²) in [5.41, 5.74) is 0. The zero-order chi connectivity index (χ0) is 11.6. The minimum atomic E-state index is 0.484. The smallest absolute Gasteiger partial charge is 0.0700 e. The number of nitrogens with one attached hydrogen (secondary N) is 1. The molecule has 1 heterocycles. The Labute approximate surface area is 105 Å². The van der Waals surface area contributed by atoms with Crippen molar-refractivity contribution in [1.29, 1.82) is 0 Å². The summed E-state index contributed by atoms with van der Waals surface area (Å²) < 4.78 is 5.58. The Morgan fingerprint density at radius 3 is 3.00 bits per heavy atom. The Hall–Kier alpha value is 0.270. The van der Waals surface area contributed by atoms with E-state index in [9.17, 15) is 0 Å². The number of ether oxygens (including phenoxy) is 1. The van der Waals surface area contributed by atoms with E-state index in [0.29, 0.717) is 6.10 Å². The Morgan fingerprint density at radius 1 is 1.44 bits per heavy atom. The van der Waals surface area contributed by atoms with Crippen molar-refractivity contribution in [2.75, 3.05) is 25.4 Å². The van der Waals surface area contributed by atoms with E-state index in [1.165, 1.54) is 37.9 Å². The van der Waals surface area contributed by atoms with E-state index in [1.54, 1.807) is 0 Å². The molecular formula is C13H27NOS. The number of unbranched alkanes of at least 4 members (excludes halogenated alkanes) is 2. The average molecular weight is 245 g/mol. The van der Waals surface area contributed by atoms with Crippen LogP contribution in [0.1, 0.15) is 46.0 Å². The molecule has 1 aliphatic heterocycles. The molecule has 0 aliphatic carbocycles. The van der Waals surface area contributed by atoms with E-state index in [1.807, 2.05) is 0 Å². The van der Waals surface area contributed by atoms with Crippen LogP contribution in [0, 0.1) is 0 Å². The maximum absolute atomic E-state index is 5.58. The van der Waals surface area contributed by atoms with E-state index >= 15 is 0 Å². The highest BCUT2D eigenvalue weighted by Crippen LogP contribution is 2.13. The lowest BCUT2D eigenvalue weighted by atomic mass is 10.2. The van der Waals surface area contributed by atoms with Crippen LogP contribution in [0.5, 0.6) is 0 Å². The van der Waals surface area contributed by atoms with Gasteiger partial charge in [0.05, 0.1) is 6.10 Å². The lowest BCUT2D eigenvalue weighted by Crippen LogP contribution is -2.30. The third-order valence-electron chi connectivity index (χ3n) is 2.98. The monoisotopic (exact) mass is 245 g/mol. The van der Waals surface area contributed by atoms with Gasteiger partial charge < -0.3 is 10.1 Å². The first-order valence-corrected chi connectivity index (χ1v) is 7.81. The van der Waals surface area contributed by atoms with E-state index in [0.717, 1.165) is 24.9 Å². The molecule has 0 spiro atoms. The number of thioether (sulfide) groups is 1. The molecule has 1 N–H and O–H groups in total. The van der Waals surface area contributed by atoms with E-state index in [-0.39, 0.29) is 0 Å². The van der Waals surface area contributed by atoms with Crippen molar-refractivity contribution >= 4 is 11.8 Å². The van der Waals surface area contributed by atoms with Crippen molar-refractivity contribution in [1.82, 2.24) is 5.32 Å². The minimum absolute atomic E-state index is 0.484. The molecule has 0 aromatic rings. The van der Waals surface area contributed by atoms with E-state index in [2.05, 4.69) is 30.9 Å². The largest absolute Gasteiger partial charge is 0.377 e. The standard InChI is InChI=1S/C13H27NOS/c1-3-4-5-9-16-12(2)10-14-11-13-7-6-8-15-13/h12-14H,3-11H2,1-2H3. The normalized spacial score (nSPS) is 22.5. The molecule has 0 amide bonds. The van der Waals surface area contributed by atoms with Crippen LogP contribution in [0.25, 0.3) is 0 Å². The highest BCUT2D eigenvalue weighted by atomic mass is 32.2. The van der Waals surface area contributed by atoms with Crippen LogP contribution in [-0.2, 0) is 4.74 Å². The fourth-order valence-corrected chi connectivity index (χ4v) is 2.96. The van der Waals surface area contributed by atoms with Gasteiger partial charge in [-0.3, -0.25) is 0 Å². The summed E-state index contributed by atoms with van der Waals surface area (Å²) >= 11 is 2.10. The summed E-state index contributed by atoms with van der Waals surface area (Å²) in [5.74, 6) is 1.32. The fourth-order valence-electron chi connectivity index (χ4n) is 1.95. The van der Waals surface area contributed by atoms with E-state index in [4.69, 9.17) is 4.74 Å². The van der Waals surface area contributed by atoms with Gasteiger partial charge in [-0.25, -0.2) is 0 Å². The van der Waals surface area contributed by atoms with Gasteiger partial charge in [0.15, 0.2) is 0 Å². The Balaban J connectivity index is 1.87. The SMILES string of the molecule is CCCCCSC(C)CNCC1CCCO1. The van der Waals surface area contributed by atoms with Gasteiger partial charge in [-0.2, -0.15) is 11.8 Å². The first kappa shape index (κ1) is 14.3. The van der Waals surface area contributed by atoms with Gasteiger partial charge in [-0.05, 0) is 25.0 Å². The second-order valence-electron chi connectivity index (χ2n) is 4.68. The highest BCUT2D eigenvalue weighted by molar-refractivity contribution is 7.99. The molecule has 2 nitrogen and oxygen atoms in total. The van der Waals surface area contributed by atoms with E-state index < -0.39 is 0 Å². The summed E-state index contributed by atoms with van der Waals surface area (Å²) in [7, 11) is 0. The van der Waals surface area contributed by atoms with Gasteiger partial charge in [0.2, 0.25) is 0 Å². The van der Waals surface area contributed by atoms with Crippen LogP contribution in [0.15, 0.2) is 0 Å². The first-order valence-electron chi connectivity index (χ1n) is 6.77. The third kappa shape index (κ3) is 6.77. The second-order valence-corrected chi connectivity index (χ2v) is 6.23. The maximum Gasteiger partial charge on any atom is 0.0700 e.